The van der Waals surface area contributed by atoms with Crippen LogP contribution in [0.3, 0.4) is 0 Å². The number of nitrogens with zero attached hydrogens (tertiary/aromatic N) is 2. The lowest BCUT2D eigenvalue weighted by Crippen LogP contribution is -2.41. The molecule has 2 N–H and O–H groups in total. The van der Waals surface area contributed by atoms with Gasteiger partial charge in [0.15, 0.2) is 0 Å². The highest BCUT2D eigenvalue weighted by Crippen LogP contribution is 2.21. The molecular formula is C22H22N4O3. The second-order valence-electron chi connectivity index (χ2n) is 7.23. The van der Waals surface area contributed by atoms with E-state index in [2.05, 4.69) is 10.3 Å². The van der Waals surface area contributed by atoms with E-state index in [1.54, 1.807) is 7.05 Å². The number of urea groups is 1. The van der Waals surface area contributed by atoms with Gasteiger partial charge in [0.2, 0.25) is 5.91 Å². The molecule has 7 nitrogen and oxygen atoms in total. The first-order chi connectivity index (χ1) is 14.0. The molecule has 0 spiro atoms. The average Bonchev–Trinajstić information content (AvgIpc) is 3.25. The van der Waals surface area contributed by atoms with E-state index in [-0.39, 0.29) is 18.4 Å². The van der Waals surface area contributed by atoms with Gasteiger partial charge in [-0.3, -0.25) is 14.5 Å². The number of H-pyrrole nitrogens is 1. The van der Waals surface area contributed by atoms with Crippen LogP contribution in [0.25, 0.3) is 10.9 Å². The molecule has 148 valence electrons. The Bertz CT molecular complexity index is 1060. The molecule has 1 atom stereocenters. The van der Waals surface area contributed by atoms with Crippen LogP contribution in [0, 0.1) is 0 Å². The standard InChI is InChI=1S/C22H22N4O3/c1-25(13-15-7-3-2-4-8-15)20(27)14-26-21(28)19(24-22(26)29)11-16-12-23-18-10-6-5-9-17(16)18/h2-10,12,19,23H,11,13-14H2,1H3,(H,24,29). The molecule has 1 aliphatic rings. The summed E-state index contributed by atoms with van der Waals surface area (Å²) in [4.78, 5) is 43.3. The van der Waals surface area contributed by atoms with Crippen molar-refractivity contribution in [2.24, 2.45) is 0 Å². The molecule has 2 aromatic carbocycles. The number of para-hydroxylation sites is 1. The summed E-state index contributed by atoms with van der Waals surface area (Å²) in [5.41, 5.74) is 2.92. The molecule has 0 radical (unpaired) electrons. The van der Waals surface area contributed by atoms with Crippen molar-refractivity contribution in [1.82, 2.24) is 20.1 Å². The normalized spacial score (nSPS) is 16.3. The molecule has 29 heavy (non-hydrogen) atoms. The number of benzene rings is 2. The summed E-state index contributed by atoms with van der Waals surface area (Å²) in [6.45, 7) is 0.153. The quantitative estimate of drug-likeness (QED) is 0.633. The lowest BCUT2D eigenvalue weighted by Gasteiger charge is -2.20. The van der Waals surface area contributed by atoms with E-state index in [1.165, 1.54) is 4.90 Å². The number of aromatic nitrogens is 1. The van der Waals surface area contributed by atoms with E-state index in [9.17, 15) is 14.4 Å². The monoisotopic (exact) mass is 390 g/mol. The zero-order valence-electron chi connectivity index (χ0n) is 16.1. The van der Waals surface area contributed by atoms with Crippen molar-refractivity contribution in [3.63, 3.8) is 0 Å². The lowest BCUT2D eigenvalue weighted by molar-refractivity contribution is -0.136. The van der Waals surface area contributed by atoms with Crippen LogP contribution in [0.2, 0.25) is 0 Å². The topological polar surface area (TPSA) is 85.5 Å². The summed E-state index contributed by atoms with van der Waals surface area (Å²) < 4.78 is 0. The maximum Gasteiger partial charge on any atom is 0.325 e. The number of likely N-dealkylation sites (N-methyl/N-ethyl adjacent to an activating group) is 1. The van der Waals surface area contributed by atoms with Crippen molar-refractivity contribution in [1.29, 1.82) is 0 Å². The highest BCUT2D eigenvalue weighted by atomic mass is 16.2. The van der Waals surface area contributed by atoms with Crippen molar-refractivity contribution in [2.75, 3.05) is 13.6 Å². The van der Waals surface area contributed by atoms with Crippen molar-refractivity contribution >= 4 is 28.7 Å². The van der Waals surface area contributed by atoms with E-state index in [0.29, 0.717) is 13.0 Å². The summed E-state index contributed by atoms with van der Waals surface area (Å²) in [7, 11) is 1.66. The number of nitrogens with one attached hydrogen (secondary N) is 2. The van der Waals surface area contributed by atoms with Gasteiger partial charge >= 0.3 is 6.03 Å². The lowest BCUT2D eigenvalue weighted by atomic mass is 10.1. The summed E-state index contributed by atoms with van der Waals surface area (Å²) in [5.74, 6) is -0.660. The third-order valence-corrected chi connectivity index (χ3v) is 5.19. The van der Waals surface area contributed by atoms with Crippen molar-refractivity contribution in [3.05, 3.63) is 71.9 Å². The van der Waals surface area contributed by atoms with Crippen LogP contribution in [-0.2, 0) is 22.6 Å². The molecule has 3 aromatic rings. The van der Waals surface area contributed by atoms with Crippen LogP contribution >= 0.6 is 0 Å². The summed E-state index contributed by atoms with van der Waals surface area (Å²) >= 11 is 0. The minimum absolute atomic E-state index is 0.265. The van der Waals surface area contributed by atoms with Gasteiger partial charge in [0.05, 0.1) is 0 Å². The third-order valence-electron chi connectivity index (χ3n) is 5.19. The Morgan fingerprint density at radius 2 is 1.79 bits per heavy atom. The highest BCUT2D eigenvalue weighted by Gasteiger charge is 2.39. The Morgan fingerprint density at radius 3 is 2.59 bits per heavy atom. The summed E-state index contributed by atoms with van der Waals surface area (Å²) in [6, 6.07) is 16.2. The van der Waals surface area contributed by atoms with Crippen LogP contribution in [0.15, 0.2) is 60.8 Å². The molecule has 7 heteroatoms. The van der Waals surface area contributed by atoms with Crippen LogP contribution in [0.1, 0.15) is 11.1 Å². The molecule has 1 saturated heterocycles. The molecular weight excluding hydrogens is 368 g/mol. The summed E-state index contributed by atoms with van der Waals surface area (Å²) in [5, 5.41) is 3.72. The van der Waals surface area contributed by atoms with Gasteiger partial charge in [-0.25, -0.2) is 4.79 Å². The zero-order chi connectivity index (χ0) is 20.4. The number of rotatable bonds is 6. The molecule has 1 aromatic heterocycles. The van der Waals surface area contributed by atoms with Gasteiger partial charge in [-0.1, -0.05) is 48.5 Å². The number of hydrogen-bond acceptors (Lipinski definition) is 3. The maximum absolute atomic E-state index is 12.8. The van der Waals surface area contributed by atoms with Gasteiger partial charge in [0.25, 0.3) is 5.91 Å². The Labute approximate surface area is 168 Å². The van der Waals surface area contributed by atoms with Crippen LogP contribution in [0.5, 0.6) is 0 Å². The fraction of sp³-hybridized carbons (Fsp3) is 0.227. The minimum atomic E-state index is -0.672. The number of amides is 4. The number of carbonyl (C=O) groups is 3. The van der Waals surface area contributed by atoms with E-state index < -0.39 is 12.1 Å². The molecule has 0 saturated carbocycles. The van der Waals surface area contributed by atoms with Crippen molar-refractivity contribution < 1.29 is 14.4 Å². The van der Waals surface area contributed by atoms with Crippen molar-refractivity contribution in [2.45, 2.75) is 19.0 Å². The number of aromatic amines is 1. The number of carbonyl (C=O) groups excluding carboxylic acids is 3. The predicted molar refractivity (Wildman–Crippen MR) is 109 cm³/mol. The van der Waals surface area contributed by atoms with Gasteiger partial charge in [-0.15, -0.1) is 0 Å². The Morgan fingerprint density at radius 1 is 1.07 bits per heavy atom. The number of fused-ring (bicyclic) bond motifs is 1. The van der Waals surface area contributed by atoms with Gasteiger partial charge in [-0.2, -0.15) is 0 Å². The molecule has 0 bridgehead atoms. The molecule has 4 rings (SSSR count). The van der Waals surface area contributed by atoms with E-state index in [0.717, 1.165) is 26.9 Å². The number of imide groups is 1. The second kappa shape index (κ2) is 7.79. The van der Waals surface area contributed by atoms with Crippen molar-refractivity contribution in [3.8, 4) is 0 Å². The van der Waals surface area contributed by atoms with Gasteiger partial charge < -0.3 is 15.2 Å². The predicted octanol–water partition coefficient (Wildman–Crippen LogP) is 2.29. The third kappa shape index (κ3) is 3.85. The molecule has 1 fully saturated rings. The van der Waals surface area contributed by atoms with Crippen LogP contribution in [0.4, 0.5) is 4.79 Å². The Kier molecular flexibility index (Phi) is 5.03. The van der Waals surface area contributed by atoms with E-state index in [4.69, 9.17) is 0 Å². The largest absolute Gasteiger partial charge is 0.361 e. The van der Waals surface area contributed by atoms with Crippen LogP contribution in [-0.4, -0.2) is 52.3 Å². The smallest absolute Gasteiger partial charge is 0.325 e. The average molecular weight is 390 g/mol. The van der Waals surface area contributed by atoms with Gasteiger partial charge in [0, 0.05) is 37.1 Å². The first-order valence-electron chi connectivity index (χ1n) is 9.47. The minimum Gasteiger partial charge on any atom is -0.361 e. The molecule has 0 aliphatic carbocycles. The summed E-state index contributed by atoms with van der Waals surface area (Å²) in [6.07, 6.45) is 2.23. The fourth-order valence-electron chi connectivity index (χ4n) is 3.59. The Hall–Kier alpha value is -3.61. The van der Waals surface area contributed by atoms with Gasteiger partial charge in [0.1, 0.15) is 12.6 Å². The zero-order valence-corrected chi connectivity index (χ0v) is 16.1. The molecule has 1 unspecified atom stereocenters. The van der Waals surface area contributed by atoms with E-state index >= 15 is 0 Å². The molecule has 2 heterocycles. The first-order valence-corrected chi connectivity index (χ1v) is 9.47. The van der Waals surface area contributed by atoms with E-state index in [1.807, 2.05) is 60.8 Å². The first kappa shape index (κ1) is 18.7. The fourth-order valence-corrected chi connectivity index (χ4v) is 3.59. The molecule has 4 amide bonds. The SMILES string of the molecule is CN(Cc1ccccc1)C(=O)CN1C(=O)NC(Cc2c[nH]c3ccccc23)C1=O. The van der Waals surface area contributed by atoms with Gasteiger partial charge in [-0.05, 0) is 17.2 Å². The Balaban J connectivity index is 1.40. The van der Waals surface area contributed by atoms with Crippen LogP contribution < -0.4 is 5.32 Å². The molecule has 1 aliphatic heterocycles. The highest BCUT2D eigenvalue weighted by molar-refractivity contribution is 6.06. The maximum atomic E-state index is 12.8. The number of hydrogen-bond donors (Lipinski definition) is 2. The second-order valence-corrected chi connectivity index (χ2v) is 7.23.